The standard InChI is InChI=1S/C13H16N2O2/c1-4-9-14(3)11(2)10-12-5-7-13(8-6-12)15(16)17/h1,5-8,11H,9-10H2,2-3H3/t11-/m1/s1. The van der Waals surface area contributed by atoms with Crippen molar-refractivity contribution < 1.29 is 4.92 Å². The van der Waals surface area contributed by atoms with Crippen molar-refractivity contribution in [2.45, 2.75) is 19.4 Å². The molecule has 0 saturated carbocycles. The molecule has 0 N–H and O–H groups in total. The summed E-state index contributed by atoms with van der Waals surface area (Å²) in [7, 11) is 1.97. The minimum absolute atomic E-state index is 0.124. The summed E-state index contributed by atoms with van der Waals surface area (Å²) >= 11 is 0. The van der Waals surface area contributed by atoms with Crippen LogP contribution >= 0.6 is 0 Å². The summed E-state index contributed by atoms with van der Waals surface area (Å²) in [4.78, 5) is 12.2. The van der Waals surface area contributed by atoms with Crippen molar-refractivity contribution >= 4 is 5.69 Å². The Morgan fingerprint density at radius 3 is 2.53 bits per heavy atom. The zero-order valence-corrected chi connectivity index (χ0v) is 10.1. The third kappa shape index (κ3) is 3.89. The first kappa shape index (κ1) is 13.2. The SMILES string of the molecule is C#CCN(C)[C@H](C)Cc1ccc([N+](=O)[O-])cc1. The molecule has 0 spiro atoms. The molecule has 1 aromatic rings. The third-order valence-corrected chi connectivity index (χ3v) is 2.77. The van der Waals surface area contributed by atoms with Crippen LogP contribution in [-0.2, 0) is 6.42 Å². The van der Waals surface area contributed by atoms with Gasteiger partial charge in [0.1, 0.15) is 0 Å². The van der Waals surface area contributed by atoms with Crippen molar-refractivity contribution in [2.24, 2.45) is 0 Å². The van der Waals surface area contributed by atoms with Gasteiger partial charge in [-0.05, 0) is 26.0 Å². The number of benzene rings is 1. The van der Waals surface area contributed by atoms with Crippen LogP contribution in [0.4, 0.5) is 5.69 Å². The van der Waals surface area contributed by atoms with Crippen LogP contribution in [0.15, 0.2) is 24.3 Å². The molecule has 0 heterocycles. The van der Waals surface area contributed by atoms with Crippen LogP contribution in [0.1, 0.15) is 12.5 Å². The molecule has 0 radical (unpaired) electrons. The highest BCUT2D eigenvalue weighted by molar-refractivity contribution is 5.33. The van der Waals surface area contributed by atoms with E-state index >= 15 is 0 Å². The number of nitrogens with zero attached hydrogens (tertiary/aromatic N) is 2. The van der Waals surface area contributed by atoms with Crippen LogP contribution in [-0.4, -0.2) is 29.5 Å². The van der Waals surface area contributed by atoms with E-state index in [2.05, 4.69) is 17.7 Å². The van der Waals surface area contributed by atoms with Gasteiger partial charge in [-0.25, -0.2) is 0 Å². The van der Waals surface area contributed by atoms with Crippen molar-refractivity contribution in [2.75, 3.05) is 13.6 Å². The molecule has 0 fully saturated rings. The Kier molecular flexibility index (Phi) is 4.68. The molecule has 0 bridgehead atoms. The summed E-state index contributed by atoms with van der Waals surface area (Å²) in [6.07, 6.45) is 6.08. The topological polar surface area (TPSA) is 46.4 Å². The van der Waals surface area contributed by atoms with Crippen LogP contribution in [0.3, 0.4) is 0 Å². The monoisotopic (exact) mass is 232 g/mol. The maximum absolute atomic E-state index is 10.5. The fraction of sp³-hybridized carbons (Fsp3) is 0.385. The highest BCUT2D eigenvalue weighted by Crippen LogP contribution is 2.14. The Labute approximate surface area is 101 Å². The van der Waals surface area contributed by atoms with Crippen LogP contribution in [0, 0.1) is 22.5 Å². The minimum Gasteiger partial charge on any atom is -0.292 e. The highest BCUT2D eigenvalue weighted by Gasteiger charge is 2.10. The quantitative estimate of drug-likeness (QED) is 0.443. The van der Waals surface area contributed by atoms with E-state index in [4.69, 9.17) is 6.42 Å². The van der Waals surface area contributed by atoms with Crippen LogP contribution in [0.25, 0.3) is 0 Å². The lowest BCUT2D eigenvalue weighted by atomic mass is 10.1. The van der Waals surface area contributed by atoms with E-state index in [1.165, 1.54) is 12.1 Å². The fourth-order valence-electron chi connectivity index (χ4n) is 1.55. The van der Waals surface area contributed by atoms with Crippen molar-refractivity contribution in [3.63, 3.8) is 0 Å². The van der Waals surface area contributed by atoms with E-state index in [1.54, 1.807) is 12.1 Å². The zero-order chi connectivity index (χ0) is 12.8. The van der Waals surface area contributed by atoms with Crippen molar-refractivity contribution in [1.29, 1.82) is 0 Å². The summed E-state index contributed by atoms with van der Waals surface area (Å²) in [5.74, 6) is 2.59. The first-order chi connectivity index (χ1) is 8.04. The normalized spacial score (nSPS) is 12.1. The number of hydrogen-bond acceptors (Lipinski definition) is 3. The lowest BCUT2D eigenvalue weighted by Crippen LogP contribution is -2.31. The second kappa shape index (κ2) is 6.02. The average Bonchev–Trinajstić information content (AvgIpc) is 2.30. The number of terminal acetylenes is 1. The Morgan fingerprint density at radius 1 is 1.47 bits per heavy atom. The van der Waals surface area contributed by atoms with Gasteiger partial charge in [-0.3, -0.25) is 15.0 Å². The molecule has 0 aliphatic rings. The van der Waals surface area contributed by atoms with E-state index in [9.17, 15) is 10.1 Å². The van der Waals surface area contributed by atoms with Crippen molar-refractivity contribution in [3.8, 4) is 12.3 Å². The van der Waals surface area contributed by atoms with Gasteiger partial charge in [-0.15, -0.1) is 6.42 Å². The molecule has 0 saturated heterocycles. The van der Waals surface area contributed by atoms with Gasteiger partial charge in [0.2, 0.25) is 0 Å². The summed E-state index contributed by atoms with van der Waals surface area (Å²) < 4.78 is 0. The maximum atomic E-state index is 10.5. The summed E-state index contributed by atoms with van der Waals surface area (Å²) in [6, 6.07) is 6.95. The fourth-order valence-corrected chi connectivity index (χ4v) is 1.55. The molecule has 4 nitrogen and oxygen atoms in total. The molecule has 90 valence electrons. The molecule has 1 rings (SSSR count). The maximum Gasteiger partial charge on any atom is 0.269 e. The van der Waals surface area contributed by atoms with Gasteiger partial charge < -0.3 is 0 Å². The van der Waals surface area contributed by atoms with Gasteiger partial charge in [0.15, 0.2) is 0 Å². The Balaban J connectivity index is 2.63. The second-order valence-corrected chi connectivity index (χ2v) is 4.10. The predicted molar refractivity (Wildman–Crippen MR) is 67.7 cm³/mol. The number of hydrogen-bond donors (Lipinski definition) is 0. The number of nitro benzene ring substituents is 1. The Morgan fingerprint density at radius 2 is 2.06 bits per heavy atom. The van der Waals surface area contributed by atoms with E-state index in [0.717, 1.165) is 12.0 Å². The summed E-state index contributed by atoms with van der Waals surface area (Å²) in [6.45, 7) is 2.69. The zero-order valence-electron chi connectivity index (χ0n) is 10.1. The number of nitro groups is 1. The molecule has 0 unspecified atom stereocenters. The first-order valence-corrected chi connectivity index (χ1v) is 5.41. The number of non-ortho nitro benzene ring substituents is 1. The Bertz CT molecular complexity index is 420. The minimum atomic E-state index is -0.391. The summed E-state index contributed by atoms with van der Waals surface area (Å²) in [5, 5.41) is 10.5. The molecule has 0 aliphatic carbocycles. The predicted octanol–water partition coefficient (Wildman–Crippen LogP) is 2.09. The average molecular weight is 232 g/mol. The smallest absolute Gasteiger partial charge is 0.269 e. The molecule has 0 aromatic heterocycles. The van der Waals surface area contributed by atoms with Gasteiger partial charge in [0.25, 0.3) is 5.69 Å². The van der Waals surface area contributed by atoms with Crippen LogP contribution < -0.4 is 0 Å². The van der Waals surface area contributed by atoms with E-state index < -0.39 is 4.92 Å². The first-order valence-electron chi connectivity index (χ1n) is 5.41. The second-order valence-electron chi connectivity index (χ2n) is 4.10. The number of likely N-dealkylation sites (N-methyl/N-ethyl adjacent to an activating group) is 1. The van der Waals surface area contributed by atoms with E-state index in [0.29, 0.717) is 12.6 Å². The molecule has 1 atom stereocenters. The molecule has 0 aliphatic heterocycles. The molecular formula is C13H16N2O2. The van der Waals surface area contributed by atoms with Gasteiger partial charge in [-0.1, -0.05) is 18.1 Å². The van der Waals surface area contributed by atoms with Crippen LogP contribution in [0.2, 0.25) is 0 Å². The molecule has 4 heteroatoms. The molecule has 1 aromatic carbocycles. The lowest BCUT2D eigenvalue weighted by Gasteiger charge is -2.22. The summed E-state index contributed by atoms with van der Waals surface area (Å²) in [5.41, 5.74) is 1.20. The molecule has 0 amide bonds. The van der Waals surface area contributed by atoms with Gasteiger partial charge in [-0.2, -0.15) is 0 Å². The lowest BCUT2D eigenvalue weighted by molar-refractivity contribution is -0.384. The van der Waals surface area contributed by atoms with Crippen LogP contribution in [0.5, 0.6) is 0 Å². The van der Waals surface area contributed by atoms with Gasteiger partial charge >= 0.3 is 0 Å². The van der Waals surface area contributed by atoms with E-state index in [1.807, 2.05) is 7.05 Å². The third-order valence-electron chi connectivity index (χ3n) is 2.77. The highest BCUT2D eigenvalue weighted by atomic mass is 16.6. The molecular weight excluding hydrogens is 216 g/mol. The molecule has 17 heavy (non-hydrogen) atoms. The largest absolute Gasteiger partial charge is 0.292 e. The van der Waals surface area contributed by atoms with Crippen molar-refractivity contribution in [3.05, 3.63) is 39.9 Å². The number of rotatable bonds is 5. The van der Waals surface area contributed by atoms with E-state index in [-0.39, 0.29) is 5.69 Å². The van der Waals surface area contributed by atoms with Crippen molar-refractivity contribution in [1.82, 2.24) is 4.90 Å². The van der Waals surface area contributed by atoms with Gasteiger partial charge in [0.05, 0.1) is 11.5 Å². The Hall–Kier alpha value is -1.86. The van der Waals surface area contributed by atoms with Gasteiger partial charge in [0, 0.05) is 18.2 Å².